The summed E-state index contributed by atoms with van der Waals surface area (Å²) in [7, 11) is 1.46. The maximum atomic E-state index is 13.0. The number of hydrogen-bond acceptors (Lipinski definition) is 3. The van der Waals surface area contributed by atoms with Crippen molar-refractivity contribution >= 4 is 34.7 Å². The summed E-state index contributed by atoms with van der Waals surface area (Å²) in [6, 6.07) is 17.1. The van der Waals surface area contributed by atoms with Gasteiger partial charge in [-0.3, -0.25) is 0 Å². The third-order valence-electron chi connectivity index (χ3n) is 7.24. The van der Waals surface area contributed by atoms with Gasteiger partial charge >= 0.3 is 5.97 Å². The van der Waals surface area contributed by atoms with E-state index in [9.17, 15) is 4.79 Å². The Labute approximate surface area is 211 Å². The number of aromatic amines is 1. The average molecular weight is 482 g/mol. The highest BCUT2D eigenvalue weighted by molar-refractivity contribution is 8.07. The highest BCUT2D eigenvalue weighted by atomic mass is 32.2. The van der Waals surface area contributed by atoms with Crippen LogP contribution in [0.15, 0.2) is 87.7 Å². The first-order valence-corrected chi connectivity index (χ1v) is 12.9. The summed E-state index contributed by atoms with van der Waals surface area (Å²) in [5.41, 5.74) is 8.62. The SMILES string of the molecule is C=C1/C(=C/c2c(C)[nH]c3ccccc23)SC2=CC(C)=C(C(=O)OC)C(c3ccc(C(C)C)cc3)C12. The second-order valence-electron chi connectivity index (χ2n) is 9.76. The molecule has 0 radical (unpaired) electrons. The van der Waals surface area contributed by atoms with E-state index in [2.05, 4.69) is 93.0 Å². The zero-order valence-corrected chi connectivity index (χ0v) is 21.8. The van der Waals surface area contributed by atoms with Crippen molar-refractivity contribution in [2.75, 3.05) is 7.11 Å². The lowest BCUT2D eigenvalue weighted by atomic mass is 9.72. The molecule has 2 aromatic carbocycles. The Balaban J connectivity index is 1.61. The van der Waals surface area contributed by atoms with Crippen molar-refractivity contribution in [2.45, 2.75) is 39.5 Å². The topological polar surface area (TPSA) is 42.1 Å². The minimum absolute atomic E-state index is 0.0134. The van der Waals surface area contributed by atoms with Gasteiger partial charge in [0, 0.05) is 44.5 Å². The number of rotatable bonds is 4. The number of para-hydroxylation sites is 1. The molecule has 1 N–H and O–H groups in total. The van der Waals surface area contributed by atoms with Gasteiger partial charge < -0.3 is 9.72 Å². The van der Waals surface area contributed by atoms with Crippen LogP contribution in [0.25, 0.3) is 17.0 Å². The molecule has 3 nitrogen and oxygen atoms in total. The quantitative estimate of drug-likeness (QED) is 0.384. The third kappa shape index (κ3) is 4.00. The molecule has 1 saturated heterocycles. The van der Waals surface area contributed by atoms with E-state index in [-0.39, 0.29) is 17.8 Å². The van der Waals surface area contributed by atoms with Crippen LogP contribution in [-0.4, -0.2) is 18.1 Å². The van der Waals surface area contributed by atoms with Gasteiger partial charge in [-0.15, -0.1) is 0 Å². The zero-order chi connectivity index (χ0) is 24.9. The number of esters is 1. The van der Waals surface area contributed by atoms with Crippen LogP contribution in [0, 0.1) is 12.8 Å². The number of aromatic nitrogens is 1. The largest absolute Gasteiger partial charge is 0.466 e. The number of hydrogen-bond donors (Lipinski definition) is 1. The van der Waals surface area contributed by atoms with E-state index in [0.717, 1.165) is 38.4 Å². The lowest BCUT2D eigenvalue weighted by Gasteiger charge is -2.31. The summed E-state index contributed by atoms with van der Waals surface area (Å²) >= 11 is 1.77. The molecule has 0 spiro atoms. The van der Waals surface area contributed by atoms with Gasteiger partial charge in [-0.05, 0) is 65.2 Å². The van der Waals surface area contributed by atoms with Gasteiger partial charge in [0.25, 0.3) is 0 Å². The van der Waals surface area contributed by atoms with Crippen LogP contribution in [0.2, 0.25) is 0 Å². The van der Waals surface area contributed by atoms with Crippen LogP contribution in [0.5, 0.6) is 0 Å². The highest BCUT2D eigenvalue weighted by Gasteiger charge is 2.43. The van der Waals surface area contributed by atoms with Crippen LogP contribution in [0.1, 0.15) is 55.0 Å². The Hall–Kier alpha value is -3.24. The van der Waals surface area contributed by atoms with Crippen molar-refractivity contribution in [2.24, 2.45) is 5.92 Å². The fourth-order valence-electron chi connectivity index (χ4n) is 5.35. The first kappa shape index (κ1) is 23.5. The number of H-pyrrole nitrogens is 1. The van der Waals surface area contributed by atoms with Crippen molar-refractivity contribution in [3.05, 3.63) is 110 Å². The number of allylic oxidation sites excluding steroid dienone is 4. The van der Waals surface area contributed by atoms with E-state index in [4.69, 9.17) is 4.74 Å². The first-order chi connectivity index (χ1) is 16.8. The lowest BCUT2D eigenvalue weighted by Crippen LogP contribution is -2.25. The van der Waals surface area contributed by atoms with Crippen LogP contribution in [-0.2, 0) is 9.53 Å². The van der Waals surface area contributed by atoms with Crippen LogP contribution in [0.3, 0.4) is 0 Å². The molecule has 3 aromatic rings. The minimum Gasteiger partial charge on any atom is -0.466 e. The third-order valence-corrected chi connectivity index (χ3v) is 8.45. The number of carbonyl (C=O) groups excluding carboxylic acids is 1. The Morgan fingerprint density at radius 2 is 1.80 bits per heavy atom. The molecule has 1 fully saturated rings. The summed E-state index contributed by atoms with van der Waals surface area (Å²) in [6.45, 7) is 13.1. The second kappa shape index (κ2) is 9.09. The number of aryl methyl sites for hydroxylation is 1. The van der Waals surface area contributed by atoms with E-state index in [1.54, 1.807) is 11.8 Å². The molecular weight excluding hydrogens is 450 g/mol. The molecule has 2 atom stereocenters. The number of carbonyl (C=O) groups is 1. The van der Waals surface area contributed by atoms with Crippen molar-refractivity contribution in [3.8, 4) is 0 Å². The lowest BCUT2D eigenvalue weighted by molar-refractivity contribution is -0.136. The normalized spacial score (nSPS) is 21.1. The van der Waals surface area contributed by atoms with E-state index in [0.29, 0.717) is 5.92 Å². The molecule has 1 aliphatic carbocycles. The molecule has 0 bridgehead atoms. The van der Waals surface area contributed by atoms with E-state index in [1.807, 2.05) is 6.92 Å². The molecule has 2 heterocycles. The molecule has 5 rings (SSSR count). The number of fused-ring (bicyclic) bond motifs is 2. The number of benzene rings is 2. The average Bonchev–Trinajstić information content (AvgIpc) is 3.33. The smallest absolute Gasteiger partial charge is 0.334 e. The molecule has 2 unspecified atom stereocenters. The summed E-state index contributed by atoms with van der Waals surface area (Å²) in [4.78, 5) is 18.9. The van der Waals surface area contributed by atoms with Crippen molar-refractivity contribution in [3.63, 3.8) is 0 Å². The van der Waals surface area contributed by atoms with Gasteiger partial charge in [0.1, 0.15) is 0 Å². The van der Waals surface area contributed by atoms with Crippen molar-refractivity contribution in [1.29, 1.82) is 0 Å². The number of thioether (sulfide) groups is 1. The van der Waals surface area contributed by atoms with Gasteiger partial charge in [0.2, 0.25) is 0 Å². The molecule has 1 aliphatic heterocycles. The van der Waals surface area contributed by atoms with Gasteiger partial charge in [-0.1, -0.05) is 74.7 Å². The maximum absolute atomic E-state index is 13.0. The Morgan fingerprint density at radius 3 is 2.49 bits per heavy atom. The number of ether oxygens (including phenoxy) is 1. The maximum Gasteiger partial charge on any atom is 0.334 e. The van der Waals surface area contributed by atoms with Crippen molar-refractivity contribution < 1.29 is 9.53 Å². The molecule has 0 amide bonds. The standard InChI is InChI=1S/C31H31NO2S/c1-17(2)21-11-13-22(14-12-21)30-28(31(33)34-6)18(3)15-27-29(30)19(4)26(35-27)16-24-20(5)32-25-10-8-7-9-23(24)25/h7-17,29-30,32H,4H2,1-3,5-6H3/b26-16-. The summed E-state index contributed by atoms with van der Waals surface area (Å²) in [6.07, 6.45) is 4.40. The molecular formula is C31H31NO2S. The Kier molecular flexibility index (Phi) is 6.10. The molecule has 4 heteroatoms. The molecule has 0 saturated carbocycles. The summed E-state index contributed by atoms with van der Waals surface area (Å²) < 4.78 is 5.25. The monoisotopic (exact) mass is 481 g/mol. The number of nitrogens with one attached hydrogen (secondary N) is 1. The molecule has 178 valence electrons. The Morgan fingerprint density at radius 1 is 1.09 bits per heavy atom. The zero-order valence-electron chi connectivity index (χ0n) is 20.9. The van der Waals surface area contributed by atoms with E-state index >= 15 is 0 Å². The predicted molar refractivity (Wildman–Crippen MR) is 147 cm³/mol. The minimum atomic E-state index is -0.265. The second-order valence-corrected chi connectivity index (χ2v) is 10.9. The van der Waals surface area contributed by atoms with E-state index in [1.165, 1.54) is 28.5 Å². The van der Waals surface area contributed by atoms with E-state index < -0.39 is 0 Å². The van der Waals surface area contributed by atoms with Gasteiger partial charge in [-0.2, -0.15) is 0 Å². The first-order valence-electron chi connectivity index (χ1n) is 12.1. The Bertz CT molecular complexity index is 1430. The van der Waals surface area contributed by atoms with Crippen molar-refractivity contribution in [1.82, 2.24) is 4.98 Å². The highest BCUT2D eigenvalue weighted by Crippen LogP contribution is 2.58. The van der Waals surface area contributed by atoms with Gasteiger partial charge in [0.05, 0.1) is 7.11 Å². The fourth-order valence-corrected chi connectivity index (χ4v) is 6.68. The molecule has 2 aliphatic rings. The fraction of sp³-hybridized carbons (Fsp3) is 0.258. The van der Waals surface area contributed by atoms with Crippen LogP contribution in [0.4, 0.5) is 0 Å². The summed E-state index contributed by atoms with van der Waals surface area (Å²) in [5, 5.41) is 1.21. The molecule has 35 heavy (non-hydrogen) atoms. The number of methoxy groups -OCH3 is 1. The van der Waals surface area contributed by atoms with Gasteiger partial charge in [0.15, 0.2) is 0 Å². The molecule has 1 aromatic heterocycles. The van der Waals surface area contributed by atoms with Crippen LogP contribution < -0.4 is 0 Å². The van der Waals surface area contributed by atoms with Gasteiger partial charge in [-0.25, -0.2) is 4.79 Å². The van der Waals surface area contributed by atoms with Crippen LogP contribution >= 0.6 is 11.8 Å². The summed E-state index contributed by atoms with van der Waals surface area (Å²) in [5.74, 6) is 0.0747. The predicted octanol–water partition coefficient (Wildman–Crippen LogP) is 8.03.